The highest BCUT2D eigenvalue weighted by Gasteiger charge is 2.25. The fourth-order valence-electron chi connectivity index (χ4n) is 2.23. The molecule has 2 aromatic rings. The molecule has 2 aromatic carbocycles. The molecule has 0 saturated heterocycles. The van der Waals surface area contributed by atoms with Crippen molar-refractivity contribution in [3.8, 4) is 0 Å². The molecule has 0 spiro atoms. The molecule has 116 valence electrons. The predicted molar refractivity (Wildman–Crippen MR) is 94.4 cm³/mol. The highest BCUT2D eigenvalue weighted by molar-refractivity contribution is 8.00. The lowest BCUT2D eigenvalue weighted by Crippen LogP contribution is -2.33. The fraction of sp³-hybridized carbons (Fsp3) is 0.278. The molecule has 0 N–H and O–H groups in total. The summed E-state index contributed by atoms with van der Waals surface area (Å²) < 4.78 is 0. The zero-order valence-corrected chi connectivity index (χ0v) is 14.4. The van der Waals surface area contributed by atoms with Crippen molar-refractivity contribution in [1.82, 2.24) is 4.90 Å². The number of hydrogen-bond acceptors (Lipinski definition) is 2. The Morgan fingerprint density at radius 3 is 2.18 bits per heavy atom. The van der Waals surface area contributed by atoms with E-state index in [0.717, 1.165) is 23.5 Å². The Morgan fingerprint density at radius 2 is 1.64 bits per heavy atom. The topological polar surface area (TPSA) is 20.3 Å². The van der Waals surface area contributed by atoms with Gasteiger partial charge in [-0.2, -0.15) is 0 Å². The molecule has 1 amide bonds. The fourth-order valence-corrected chi connectivity index (χ4v) is 3.49. The Balaban J connectivity index is 2.31. The molecule has 22 heavy (non-hydrogen) atoms. The molecule has 4 heteroatoms. The van der Waals surface area contributed by atoms with Gasteiger partial charge >= 0.3 is 0 Å². The lowest BCUT2D eigenvalue weighted by atomic mass is 10.1. The van der Waals surface area contributed by atoms with E-state index in [2.05, 4.69) is 0 Å². The molecule has 0 saturated carbocycles. The molecule has 0 aliphatic rings. The van der Waals surface area contributed by atoms with Gasteiger partial charge in [-0.15, -0.1) is 11.8 Å². The highest BCUT2D eigenvalue weighted by Crippen LogP contribution is 2.37. The third-order valence-corrected chi connectivity index (χ3v) is 4.98. The smallest absolute Gasteiger partial charge is 0.240 e. The van der Waals surface area contributed by atoms with Crippen LogP contribution in [0.1, 0.15) is 24.7 Å². The van der Waals surface area contributed by atoms with Gasteiger partial charge in [0, 0.05) is 23.0 Å². The molecule has 2 nitrogen and oxygen atoms in total. The summed E-state index contributed by atoms with van der Waals surface area (Å²) >= 11 is 7.55. The molecule has 0 aliphatic carbocycles. The van der Waals surface area contributed by atoms with Crippen molar-refractivity contribution in [3.05, 3.63) is 65.2 Å². The number of nitrogens with zero attached hydrogens (tertiary/aromatic N) is 1. The van der Waals surface area contributed by atoms with Gasteiger partial charge < -0.3 is 4.90 Å². The van der Waals surface area contributed by atoms with Crippen LogP contribution < -0.4 is 0 Å². The van der Waals surface area contributed by atoms with Crippen molar-refractivity contribution in [1.29, 1.82) is 0 Å². The third kappa shape index (κ3) is 4.28. The molecule has 0 radical (unpaired) electrons. The second-order valence-corrected chi connectivity index (χ2v) is 6.49. The van der Waals surface area contributed by atoms with E-state index in [1.807, 2.05) is 73.3 Å². The lowest BCUT2D eigenvalue weighted by molar-refractivity contribution is -0.130. The first-order chi connectivity index (χ1) is 10.7. The summed E-state index contributed by atoms with van der Waals surface area (Å²) in [5.74, 6) is 0.140. The first kappa shape index (κ1) is 16.9. The van der Waals surface area contributed by atoms with Crippen molar-refractivity contribution in [2.45, 2.75) is 24.0 Å². The van der Waals surface area contributed by atoms with Crippen LogP contribution in [0.3, 0.4) is 0 Å². The van der Waals surface area contributed by atoms with Crippen LogP contribution in [-0.2, 0) is 4.79 Å². The van der Waals surface area contributed by atoms with Crippen LogP contribution in [0.15, 0.2) is 59.5 Å². The number of amides is 1. The van der Waals surface area contributed by atoms with Gasteiger partial charge in [0.15, 0.2) is 0 Å². The average Bonchev–Trinajstić information content (AvgIpc) is 2.55. The maximum atomic E-state index is 12.9. The molecule has 0 bridgehead atoms. The van der Waals surface area contributed by atoms with Crippen LogP contribution >= 0.6 is 23.4 Å². The minimum Gasteiger partial charge on any atom is -0.342 e. The van der Waals surface area contributed by atoms with Gasteiger partial charge in [0.05, 0.1) is 0 Å². The number of thioether (sulfide) groups is 1. The summed E-state index contributed by atoms with van der Waals surface area (Å²) in [4.78, 5) is 15.8. The van der Waals surface area contributed by atoms with Gasteiger partial charge in [0.25, 0.3) is 0 Å². The van der Waals surface area contributed by atoms with Crippen molar-refractivity contribution in [3.63, 3.8) is 0 Å². The second kappa shape index (κ2) is 8.25. The molecular weight excluding hydrogens is 314 g/mol. The van der Waals surface area contributed by atoms with Crippen LogP contribution in [-0.4, -0.2) is 23.9 Å². The van der Waals surface area contributed by atoms with E-state index in [0.29, 0.717) is 5.02 Å². The van der Waals surface area contributed by atoms with E-state index in [1.54, 1.807) is 11.8 Å². The summed E-state index contributed by atoms with van der Waals surface area (Å²) in [5, 5.41) is 0.432. The third-order valence-electron chi connectivity index (χ3n) is 3.47. The number of carbonyl (C=O) groups is 1. The van der Waals surface area contributed by atoms with Gasteiger partial charge in [0.2, 0.25) is 5.91 Å². The van der Waals surface area contributed by atoms with Crippen LogP contribution in [0.25, 0.3) is 0 Å². The quantitative estimate of drug-likeness (QED) is 0.690. The van der Waals surface area contributed by atoms with Crippen LogP contribution in [0.2, 0.25) is 5.02 Å². The normalized spacial score (nSPS) is 12.0. The van der Waals surface area contributed by atoms with Gasteiger partial charge in [-0.3, -0.25) is 4.79 Å². The molecule has 0 aromatic heterocycles. The van der Waals surface area contributed by atoms with E-state index in [-0.39, 0.29) is 11.2 Å². The first-order valence-electron chi connectivity index (χ1n) is 7.41. The molecule has 1 unspecified atom stereocenters. The largest absolute Gasteiger partial charge is 0.342 e. The maximum Gasteiger partial charge on any atom is 0.240 e. The Bertz CT molecular complexity index is 596. The van der Waals surface area contributed by atoms with Crippen molar-refractivity contribution >= 4 is 29.3 Å². The number of rotatable bonds is 6. The number of likely N-dealkylation sites (N-methyl/N-ethyl adjacent to an activating group) is 1. The Labute approximate surface area is 141 Å². The van der Waals surface area contributed by atoms with Gasteiger partial charge in [-0.05, 0) is 43.7 Å². The summed E-state index contributed by atoms with van der Waals surface area (Å²) in [6.07, 6.45) is 0. The zero-order valence-electron chi connectivity index (χ0n) is 12.8. The number of benzene rings is 2. The number of carbonyl (C=O) groups excluding carboxylic acids is 1. The minimum absolute atomic E-state index is 0.140. The molecule has 2 rings (SSSR count). The Hall–Kier alpha value is -1.45. The van der Waals surface area contributed by atoms with Gasteiger partial charge in [0.1, 0.15) is 5.25 Å². The summed E-state index contributed by atoms with van der Waals surface area (Å²) in [6, 6.07) is 17.6. The lowest BCUT2D eigenvalue weighted by Gasteiger charge is -2.25. The van der Waals surface area contributed by atoms with E-state index >= 15 is 0 Å². The standard InChI is InChI=1S/C18H20ClNOS/c1-3-20(4-2)18(21)17(14-10-12-15(19)13-11-14)22-16-8-6-5-7-9-16/h5-13,17H,3-4H2,1-2H3. The summed E-state index contributed by atoms with van der Waals surface area (Å²) in [5.41, 5.74) is 0.982. The van der Waals surface area contributed by atoms with E-state index in [4.69, 9.17) is 11.6 Å². The van der Waals surface area contributed by atoms with Crippen molar-refractivity contribution < 1.29 is 4.79 Å². The zero-order chi connectivity index (χ0) is 15.9. The number of halogens is 1. The summed E-state index contributed by atoms with van der Waals surface area (Å²) in [7, 11) is 0. The Morgan fingerprint density at radius 1 is 1.05 bits per heavy atom. The average molecular weight is 334 g/mol. The van der Waals surface area contributed by atoms with Crippen LogP contribution in [0.4, 0.5) is 0 Å². The molecular formula is C18H20ClNOS. The Kier molecular flexibility index (Phi) is 6.34. The van der Waals surface area contributed by atoms with Crippen molar-refractivity contribution in [2.75, 3.05) is 13.1 Å². The van der Waals surface area contributed by atoms with Crippen LogP contribution in [0, 0.1) is 0 Å². The van der Waals surface area contributed by atoms with Gasteiger partial charge in [-0.25, -0.2) is 0 Å². The maximum absolute atomic E-state index is 12.9. The molecule has 0 fully saturated rings. The SMILES string of the molecule is CCN(CC)C(=O)C(Sc1ccccc1)c1ccc(Cl)cc1. The predicted octanol–water partition coefficient (Wildman–Crippen LogP) is 5.04. The first-order valence-corrected chi connectivity index (χ1v) is 8.67. The summed E-state index contributed by atoms with van der Waals surface area (Å²) in [6.45, 7) is 5.45. The molecule has 1 atom stereocenters. The minimum atomic E-state index is -0.250. The van der Waals surface area contributed by atoms with Crippen molar-refractivity contribution in [2.24, 2.45) is 0 Å². The second-order valence-electron chi connectivity index (χ2n) is 4.87. The monoisotopic (exact) mass is 333 g/mol. The van der Waals surface area contributed by atoms with E-state index < -0.39 is 0 Å². The number of hydrogen-bond donors (Lipinski definition) is 0. The molecule has 0 aliphatic heterocycles. The highest BCUT2D eigenvalue weighted by atomic mass is 35.5. The van der Waals surface area contributed by atoms with E-state index in [9.17, 15) is 4.79 Å². The molecule has 0 heterocycles. The van der Waals surface area contributed by atoms with Crippen LogP contribution in [0.5, 0.6) is 0 Å². The van der Waals surface area contributed by atoms with E-state index in [1.165, 1.54) is 0 Å². The van der Waals surface area contributed by atoms with Gasteiger partial charge in [-0.1, -0.05) is 41.9 Å².